The maximum Gasteiger partial charge on any atom is 0.320 e. The molecule has 0 radical (unpaired) electrons. The quantitative estimate of drug-likeness (QED) is 0.902. The summed E-state index contributed by atoms with van der Waals surface area (Å²) in [6.07, 6.45) is 0.270. The number of thiophene rings is 1. The summed E-state index contributed by atoms with van der Waals surface area (Å²) in [5.74, 6) is -0.999. The minimum atomic E-state index is -0.999. The molecule has 0 saturated heterocycles. The molecule has 1 atom stereocenters. The number of thiazole rings is 1. The normalized spacial score (nSPS) is 12.6. The van der Waals surface area contributed by atoms with Gasteiger partial charge in [0, 0.05) is 21.7 Å². The Bertz CT molecular complexity index is 538. The van der Waals surface area contributed by atoms with Crippen molar-refractivity contribution in [2.45, 2.75) is 12.5 Å². The summed E-state index contributed by atoms with van der Waals surface area (Å²) in [6, 6.07) is 1.10. The van der Waals surface area contributed by atoms with E-state index in [1.54, 1.807) is 11.3 Å². The van der Waals surface area contributed by atoms with E-state index in [1.165, 1.54) is 11.3 Å². The number of nitrogens with zero attached hydrogens (tertiary/aromatic N) is 1. The zero-order valence-corrected chi connectivity index (χ0v) is 11.8. The summed E-state index contributed by atoms with van der Waals surface area (Å²) < 4.78 is 1.02. The SMILES string of the molecule is NC(Cc1nc(-c2cc(Br)cs2)cs1)C(=O)O. The molecule has 7 heteroatoms. The second kappa shape index (κ2) is 5.26. The van der Waals surface area contributed by atoms with E-state index in [-0.39, 0.29) is 6.42 Å². The number of carboxylic acids is 1. The number of hydrogen-bond donors (Lipinski definition) is 2. The lowest BCUT2D eigenvalue weighted by Gasteiger charge is -2.01. The van der Waals surface area contributed by atoms with Gasteiger partial charge < -0.3 is 10.8 Å². The number of carbonyl (C=O) groups is 1. The number of aliphatic carboxylic acids is 1. The lowest BCUT2D eigenvalue weighted by molar-refractivity contribution is -0.138. The third-order valence-electron chi connectivity index (χ3n) is 2.08. The molecule has 3 N–H and O–H groups in total. The zero-order valence-electron chi connectivity index (χ0n) is 8.59. The molecule has 2 heterocycles. The Morgan fingerprint density at radius 3 is 2.88 bits per heavy atom. The first-order valence-electron chi connectivity index (χ1n) is 4.73. The largest absolute Gasteiger partial charge is 0.480 e. The first-order chi connectivity index (χ1) is 8.06. The number of rotatable bonds is 4. The highest BCUT2D eigenvalue weighted by molar-refractivity contribution is 9.10. The van der Waals surface area contributed by atoms with Gasteiger partial charge in [-0.05, 0) is 22.0 Å². The van der Waals surface area contributed by atoms with Gasteiger partial charge in [0.25, 0.3) is 0 Å². The van der Waals surface area contributed by atoms with E-state index in [9.17, 15) is 4.79 Å². The van der Waals surface area contributed by atoms with Crippen molar-refractivity contribution < 1.29 is 9.90 Å². The number of nitrogens with two attached hydrogens (primary N) is 1. The maximum absolute atomic E-state index is 10.6. The van der Waals surface area contributed by atoms with E-state index < -0.39 is 12.0 Å². The second-order valence-electron chi connectivity index (χ2n) is 3.40. The highest BCUT2D eigenvalue weighted by atomic mass is 79.9. The summed E-state index contributed by atoms with van der Waals surface area (Å²) >= 11 is 6.41. The molecule has 1 unspecified atom stereocenters. The van der Waals surface area contributed by atoms with Crippen LogP contribution in [0.5, 0.6) is 0 Å². The van der Waals surface area contributed by atoms with E-state index >= 15 is 0 Å². The van der Waals surface area contributed by atoms with Crippen LogP contribution in [0.25, 0.3) is 10.6 Å². The van der Waals surface area contributed by atoms with Gasteiger partial charge in [-0.1, -0.05) is 0 Å². The van der Waals surface area contributed by atoms with Gasteiger partial charge >= 0.3 is 5.97 Å². The minimum absolute atomic E-state index is 0.270. The highest BCUT2D eigenvalue weighted by Crippen LogP contribution is 2.30. The predicted octanol–water partition coefficient (Wildman–Crippen LogP) is 2.59. The summed E-state index contributed by atoms with van der Waals surface area (Å²) in [6.45, 7) is 0. The van der Waals surface area contributed by atoms with Crippen LogP contribution in [0.2, 0.25) is 0 Å². The Labute approximate surface area is 114 Å². The van der Waals surface area contributed by atoms with Crippen molar-refractivity contribution in [3.63, 3.8) is 0 Å². The van der Waals surface area contributed by atoms with Crippen molar-refractivity contribution in [1.82, 2.24) is 4.98 Å². The molecule has 2 aromatic rings. The van der Waals surface area contributed by atoms with Gasteiger partial charge in [0.1, 0.15) is 6.04 Å². The Balaban J connectivity index is 2.13. The Hall–Kier alpha value is -0.760. The minimum Gasteiger partial charge on any atom is -0.480 e. The average Bonchev–Trinajstić information content (AvgIpc) is 2.86. The van der Waals surface area contributed by atoms with Gasteiger partial charge in [-0.2, -0.15) is 0 Å². The van der Waals surface area contributed by atoms with Gasteiger partial charge in [0.2, 0.25) is 0 Å². The lowest BCUT2D eigenvalue weighted by atomic mass is 10.2. The van der Waals surface area contributed by atoms with Gasteiger partial charge in [0.15, 0.2) is 0 Å². The Morgan fingerprint density at radius 2 is 2.29 bits per heavy atom. The van der Waals surface area contributed by atoms with E-state index in [4.69, 9.17) is 10.8 Å². The van der Waals surface area contributed by atoms with Crippen molar-refractivity contribution in [2.24, 2.45) is 5.73 Å². The third kappa shape index (κ3) is 3.12. The molecule has 2 aromatic heterocycles. The molecule has 0 aliphatic carbocycles. The van der Waals surface area contributed by atoms with Crippen molar-refractivity contribution in [2.75, 3.05) is 0 Å². The topological polar surface area (TPSA) is 76.2 Å². The van der Waals surface area contributed by atoms with Crippen molar-refractivity contribution >= 4 is 44.6 Å². The van der Waals surface area contributed by atoms with E-state index in [2.05, 4.69) is 20.9 Å². The van der Waals surface area contributed by atoms with Crippen LogP contribution in [0.15, 0.2) is 21.3 Å². The first-order valence-corrected chi connectivity index (χ1v) is 7.28. The van der Waals surface area contributed by atoms with E-state index in [0.717, 1.165) is 20.1 Å². The summed E-state index contributed by atoms with van der Waals surface area (Å²) in [5, 5.41) is 13.4. The standard InChI is InChI=1S/C10H9BrN2O2S2/c11-5-1-8(16-3-5)7-4-17-9(13-7)2-6(12)10(14)15/h1,3-4,6H,2,12H2,(H,14,15). The van der Waals surface area contributed by atoms with Crippen LogP contribution in [0, 0.1) is 0 Å². The monoisotopic (exact) mass is 332 g/mol. The molecule has 2 rings (SSSR count). The summed E-state index contributed by atoms with van der Waals surface area (Å²) in [7, 11) is 0. The molecule has 0 fully saturated rings. The molecule has 90 valence electrons. The van der Waals surface area contributed by atoms with E-state index in [0.29, 0.717) is 0 Å². The molecule has 4 nitrogen and oxygen atoms in total. The van der Waals surface area contributed by atoms with Crippen LogP contribution in [-0.4, -0.2) is 22.1 Å². The Kier molecular flexibility index (Phi) is 3.93. The number of carboxylic acid groups (broad SMARTS) is 1. The second-order valence-corrected chi connectivity index (χ2v) is 6.17. The smallest absolute Gasteiger partial charge is 0.320 e. The fourth-order valence-electron chi connectivity index (χ4n) is 1.24. The number of halogens is 1. The fourth-order valence-corrected chi connectivity index (χ4v) is 3.56. The van der Waals surface area contributed by atoms with Crippen molar-refractivity contribution in [3.05, 3.63) is 26.3 Å². The summed E-state index contributed by atoms with van der Waals surface area (Å²) in [5.41, 5.74) is 6.34. The maximum atomic E-state index is 10.6. The fraction of sp³-hybridized carbons (Fsp3) is 0.200. The van der Waals surface area contributed by atoms with Gasteiger partial charge in [-0.15, -0.1) is 22.7 Å². The van der Waals surface area contributed by atoms with Gasteiger partial charge in [-0.25, -0.2) is 4.98 Å². The highest BCUT2D eigenvalue weighted by Gasteiger charge is 2.15. The van der Waals surface area contributed by atoms with E-state index in [1.807, 2.05) is 16.8 Å². The predicted molar refractivity (Wildman–Crippen MR) is 72.4 cm³/mol. The van der Waals surface area contributed by atoms with Crippen LogP contribution in [0.4, 0.5) is 0 Å². The molecular weight excluding hydrogens is 324 g/mol. The van der Waals surface area contributed by atoms with Crippen molar-refractivity contribution in [1.29, 1.82) is 0 Å². The zero-order chi connectivity index (χ0) is 12.4. The Morgan fingerprint density at radius 1 is 1.53 bits per heavy atom. The molecule has 0 spiro atoms. The molecular formula is C10H9BrN2O2S2. The van der Waals surface area contributed by atoms with Gasteiger partial charge in [0.05, 0.1) is 15.6 Å². The first kappa shape index (κ1) is 12.7. The third-order valence-corrected chi connectivity index (χ3v) is 4.67. The van der Waals surface area contributed by atoms with Crippen molar-refractivity contribution in [3.8, 4) is 10.6 Å². The van der Waals surface area contributed by atoms with Crippen LogP contribution >= 0.6 is 38.6 Å². The van der Waals surface area contributed by atoms with Crippen LogP contribution in [0.1, 0.15) is 5.01 Å². The van der Waals surface area contributed by atoms with Crippen LogP contribution in [0.3, 0.4) is 0 Å². The molecule has 0 saturated carbocycles. The molecule has 17 heavy (non-hydrogen) atoms. The number of hydrogen-bond acceptors (Lipinski definition) is 5. The number of aromatic nitrogens is 1. The molecule has 0 bridgehead atoms. The summed E-state index contributed by atoms with van der Waals surface area (Å²) in [4.78, 5) is 16.1. The molecule has 0 aliphatic heterocycles. The van der Waals surface area contributed by atoms with Crippen LogP contribution in [-0.2, 0) is 11.2 Å². The molecule has 0 amide bonds. The molecule has 0 aliphatic rings. The molecule has 0 aromatic carbocycles. The lowest BCUT2D eigenvalue weighted by Crippen LogP contribution is -2.32. The average molecular weight is 333 g/mol. The van der Waals surface area contributed by atoms with Crippen LogP contribution < -0.4 is 5.73 Å². The van der Waals surface area contributed by atoms with Gasteiger partial charge in [-0.3, -0.25) is 4.79 Å².